The molecule has 1 saturated carbocycles. The molecule has 3 N–H and O–H groups in total. The fraction of sp³-hybridized carbons (Fsp3) is 0.588. The fourth-order valence-electron chi connectivity index (χ4n) is 2.90. The highest BCUT2D eigenvalue weighted by Crippen LogP contribution is 2.28. The molecule has 0 radical (unpaired) electrons. The van der Waals surface area contributed by atoms with Crippen molar-refractivity contribution in [3.05, 3.63) is 34.9 Å². The predicted molar refractivity (Wildman–Crippen MR) is 87.5 cm³/mol. The van der Waals surface area contributed by atoms with Crippen LogP contribution in [-0.4, -0.2) is 18.0 Å². The van der Waals surface area contributed by atoms with E-state index in [4.69, 9.17) is 17.3 Å². The molecule has 0 heterocycles. The van der Waals surface area contributed by atoms with Crippen molar-refractivity contribution in [2.45, 2.75) is 56.9 Å². The third kappa shape index (κ3) is 3.98. The Balaban J connectivity index is 1.99. The van der Waals surface area contributed by atoms with Crippen LogP contribution in [-0.2, 0) is 10.2 Å². The molecule has 1 aliphatic rings. The van der Waals surface area contributed by atoms with Crippen molar-refractivity contribution >= 4 is 17.5 Å². The maximum atomic E-state index is 12.4. The highest BCUT2D eigenvalue weighted by Gasteiger charge is 2.36. The summed E-state index contributed by atoms with van der Waals surface area (Å²) in [6.07, 6.45) is 4.84. The lowest BCUT2D eigenvalue weighted by atomic mass is 9.81. The van der Waals surface area contributed by atoms with Crippen molar-refractivity contribution in [1.82, 2.24) is 5.32 Å². The van der Waals surface area contributed by atoms with E-state index in [1.54, 1.807) is 0 Å². The van der Waals surface area contributed by atoms with Gasteiger partial charge < -0.3 is 11.1 Å². The second-order valence-electron chi connectivity index (χ2n) is 6.79. The first kappa shape index (κ1) is 16.3. The first-order chi connectivity index (χ1) is 9.83. The molecule has 0 unspecified atom stereocenters. The Labute approximate surface area is 132 Å². The molecule has 0 aliphatic heterocycles. The summed E-state index contributed by atoms with van der Waals surface area (Å²) >= 11 is 6.05. The highest BCUT2D eigenvalue weighted by atomic mass is 35.5. The molecule has 4 heteroatoms. The lowest BCUT2D eigenvalue weighted by Crippen LogP contribution is -2.56. The molecule has 1 aromatic rings. The van der Waals surface area contributed by atoms with E-state index in [1.165, 1.54) is 6.42 Å². The standard InChI is InChI=1S/C17H25ClN2O/c1-16(2,13-7-6-8-14(18)11-13)12-20-15(21)17(19)9-4-3-5-10-17/h6-8,11H,3-5,9-10,12,19H2,1-2H3,(H,20,21). The minimum absolute atomic E-state index is 0.0164. The van der Waals surface area contributed by atoms with Crippen LogP contribution in [0.2, 0.25) is 5.02 Å². The number of benzene rings is 1. The zero-order valence-electron chi connectivity index (χ0n) is 12.9. The van der Waals surface area contributed by atoms with E-state index in [-0.39, 0.29) is 11.3 Å². The molecule has 0 aromatic heterocycles. The summed E-state index contributed by atoms with van der Waals surface area (Å²) in [6, 6.07) is 7.78. The van der Waals surface area contributed by atoms with Gasteiger partial charge in [-0.3, -0.25) is 4.79 Å². The zero-order valence-corrected chi connectivity index (χ0v) is 13.7. The van der Waals surface area contributed by atoms with Gasteiger partial charge in [-0.15, -0.1) is 0 Å². The van der Waals surface area contributed by atoms with Crippen molar-refractivity contribution in [2.24, 2.45) is 5.73 Å². The summed E-state index contributed by atoms with van der Waals surface area (Å²) in [5.41, 5.74) is 6.52. The molecule has 0 bridgehead atoms. The molecule has 1 fully saturated rings. The monoisotopic (exact) mass is 308 g/mol. The van der Waals surface area contributed by atoms with Gasteiger partial charge >= 0.3 is 0 Å². The lowest BCUT2D eigenvalue weighted by Gasteiger charge is -2.34. The second-order valence-corrected chi connectivity index (χ2v) is 7.23. The van der Waals surface area contributed by atoms with Gasteiger partial charge in [0.15, 0.2) is 0 Å². The number of hydrogen-bond acceptors (Lipinski definition) is 2. The van der Waals surface area contributed by atoms with Gasteiger partial charge in [0.2, 0.25) is 5.91 Å². The third-order valence-corrected chi connectivity index (χ3v) is 4.73. The molecule has 3 nitrogen and oxygen atoms in total. The Hall–Kier alpha value is -1.06. The van der Waals surface area contributed by atoms with Gasteiger partial charge in [0.05, 0.1) is 5.54 Å². The van der Waals surface area contributed by atoms with Gasteiger partial charge in [0.1, 0.15) is 0 Å². The van der Waals surface area contributed by atoms with Crippen molar-refractivity contribution in [3.63, 3.8) is 0 Å². The SMILES string of the molecule is CC(C)(CNC(=O)C1(N)CCCCC1)c1cccc(Cl)c1. The van der Waals surface area contributed by atoms with Crippen LogP contribution in [0, 0.1) is 0 Å². The number of halogens is 1. The topological polar surface area (TPSA) is 55.1 Å². The van der Waals surface area contributed by atoms with E-state index in [1.807, 2.05) is 24.3 Å². The van der Waals surface area contributed by atoms with Crippen molar-refractivity contribution < 1.29 is 4.79 Å². The summed E-state index contributed by atoms with van der Waals surface area (Å²) in [7, 11) is 0. The Kier molecular flexibility index (Phi) is 4.95. The molecule has 1 aliphatic carbocycles. The first-order valence-corrected chi connectivity index (χ1v) is 8.05. The van der Waals surface area contributed by atoms with Gasteiger partial charge in [-0.25, -0.2) is 0 Å². The summed E-state index contributed by atoms with van der Waals surface area (Å²) < 4.78 is 0. The van der Waals surface area contributed by atoms with Crippen molar-refractivity contribution in [3.8, 4) is 0 Å². The number of hydrogen-bond donors (Lipinski definition) is 2. The number of amides is 1. The molecule has 116 valence electrons. The summed E-state index contributed by atoms with van der Waals surface area (Å²) in [6.45, 7) is 4.76. The summed E-state index contributed by atoms with van der Waals surface area (Å²) in [4.78, 5) is 12.4. The van der Waals surface area contributed by atoms with Gasteiger partial charge in [-0.05, 0) is 30.5 Å². The minimum Gasteiger partial charge on any atom is -0.354 e. The van der Waals surface area contributed by atoms with Crippen molar-refractivity contribution in [2.75, 3.05) is 6.54 Å². The van der Waals surface area contributed by atoms with E-state index in [2.05, 4.69) is 19.2 Å². The van der Waals surface area contributed by atoms with Crippen LogP contribution < -0.4 is 11.1 Å². The average Bonchev–Trinajstić information content (AvgIpc) is 2.45. The molecule has 0 atom stereocenters. The van der Waals surface area contributed by atoms with Crippen molar-refractivity contribution in [1.29, 1.82) is 0 Å². The average molecular weight is 309 g/mol. The molecule has 1 aromatic carbocycles. The van der Waals surface area contributed by atoms with Gasteiger partial charge in [0.25, 0.3) is 0 Å². The smallest absolute Gasteiger partial charge is 0.240 e. The Bertz CT molecular complexity index is 507. The molecule has 1 amide bonds. The highest BCUT2D eigenvalue weighted by molar-refractivity contribution is 6.30. The summed E-state index contributed by atoms with van der Waals surface area (Å²) in [5.74, 6) is -0.0164. The van der Waals surface area contributed by atoms with Crippen LogP contribution in [0.4, 0.5) is 0 Å². The zero-order chi connectivity index (χ0) is 15.5. The fourth-order valence-corrected chi connectivity index (χ4v) is 3.09. The lowest BCUT2D eigenvalue weighted by molar-refractivity contribution is -0.127. The Morgan fingerprint density at radius 2 is 2.00 bits per heavy atom. The maximum Gasteiger partial charge on any atom is 0.240 e. The Morgan fingerprint density at radius 1 is 1.33 bits per heavy atom. The van der Waals surface area contributed by atoms with Gasteiger partial charge in [-0.1, -0.05) is 56.8 Å². The second kappa shape index (κ2) is 6.37. The third-order valence-electron chi connectivity index (χ3n) is 4.49. The van der Waals surface area contributed by atoms with E-state index in [0.717, 1.165) is 36.3 Å². The van der Waals surface area contributed by atoms with Crippen LogP contribution in [0.1, 0.15) is 51.5 Å². The molecular weight excluding hydrogens is 284 g/mol. The number of carbonyl (C=O) groups excluding carboxylic acids is 1. The molecule has 2 rings (SSSR count). The van der Waals surface area contributed by atoms with E-state index >= 15 is 0 Å². The van der Waals surface area contributed by atoms with Crippen LogP contribution in [0.3, 0.4) is 0 Å². The molecule has 0 saturated heterocycles. The largest absolute Gasteiger partial charge is 0.354 e. The van der Waals surface area contributed by atoms with Gasteiger partial charge in [-0.2, -0.15) is 0 Å². The minimum atomic E-state index is -0.678. The molecular formula is C17H25ClN2O. The van der Waals surface area contributed by atoms with Gasteiger partial charge in [0, 0.05) is 17.0 Å². The molecule has 21 heavy (non-hydrogen) atoms. The molecule has 0 spiro atoms. The van der Waals surface area contributed by atoms with E-state index in [9.17, 15) is 4.79 Å². The summed E-state index contributed by atoms with van der Waals surface area (Å²) in [5, 5.41) is 3.76. The maximum absolute atomic E-state index is 12.4. The number of rotatable bonds is 4. The number of carbonyl (C=O) groups is 1. The Morgan fingerprint density at radius 3 is 2.62 bits per heavy atom. The quantitative estimate of drug-likeness (QED) is 0.895. The number of nitrogens with two attached hydrogens (primary N) is 1. The van der Waals surface area contributed by atoms with Crippen LogP contribution in [0.15, 0.2) is 24.3 Å². The first-order valence-electron chi connectivity index (χ1n) is 7.67. The van der Waals surface area contributed by atoms with Crippen LogP contribution >= 0.6 is 11.6 Å². The predicted octanol–water partition coefficient (Wildman–Crippen LogP) is 3.40. The van der Waals surface area contributed by atoms with Crippen LogP contribution in [0.5, 0.6) is 0 Å². The normalized spacial score (nSPS) is 18.3. The van der Waals surface area contributed by atoms with E-state index < -0.39 is 5.54 Å². The number of nitrogens with one attached hydrogen (secondary N) is 1. The van der Waals surface area contributed by atoms with E-state index in [0.29, 0.717) is 6.54 Å². The van der Waals surface area contributed by atoms with Crippen LogP contribution in [0.25, 0.3) is 0 Å².